The summed E-state index contributed by atoms with van der Waals surface area (Å²) >= 11 is 12.2. The Kier molecular flexibility index (Phi) is 6.49. The minimum absolute atomic E-state index is 0.200. The molecule has 0 atom stereocenters. The first-order valence-corrected chi connectivity index (χ1v) is 10.7. The summed E-state index contributed by atoms with van der Waals surface area (Å²) in [6.45, 7) is 2.36. The average molecular weight is 481 g/mol. The quantitative estimate of drug-likeness (QED) is 0.383. The highest BCUT2D eigenvalue weighted by molar-refractivity contribution is 6.39. The van der Waals surface area contributed by atoms with Crippen molar-refractivity contribution >= 4 is 52.8 Å². The number of hydrogen-bond donors (Lipinski definition) is 1. The number of hydrogen-bond acceptors (Lipinski definition) is 4. The topological polar surface area (TPSA) is 75.7 Å². The van der Waals surface area contributed by atoms with E-state index in [-0.39, 0.29) is 11.3 Å². The molecule has 1 N–H and O–H groups in total. The van der Waals surface area contributed by atoms with Crippen LogP contribution in [0.3, 0.4) is 0 Å². The van der Waals surface area contributed by atoms with E-state index in [0.717, 1.165) is 16.0 Å². The van der Waals surface area contributed by atoms with Gasteiger partial charge in [-0.05, 0) is 60.5 Å². The van der Waals surface area contributed by atoms with Gasteiger partial charge in [0.05, 0.1) is 10.7 Å². The largest absolute Gasteiger partial charge is 0.487 e. The van der Waals surface area contributed by atoms with Crippen molar-refractivity contribution in [2.75, 3.05) is 4.90 Å². The first kappa shape index (κ1) is 22.6. The number of urea groups is 1. The van der Waals surface area contributed by atoms with Crippen molar-refractivity contribution in [3.8, 4) is 5.75 Å². The molecule has 1 aliphatic heterocycles. The third kappa shape index (κ3) is 5.08. The molecule has 33 heavy (non-hydrogen) atoms. The Morgan fingerprint density at radius 2 is 1.64 bits per heavy atom. The molecule has 1 fully saturated rings. The maximum Gasteiger partial charge on any atom is 0.335 e. The number of aryl methyl sites for hydroxylation is 1. The number of imide groups is 2. The maximum absolute atomic E-state index is 13.0. The van der Waals surface area contributed by atoms with Gasteiger partial charge in [-0.15, -0.1) is 0 Å². The second-order valence-corrected chi connectivity index (χ2v) is 8.24. The molecule has 0 spiro atoms. The number of rotatable bonds is 5. The van der Waals surface area contributed by atoms with Gasteiger partial charge in [0, 0.05) is 5.02 Å². The molecule has 3 aromatic carbocycles. The van der Waals surface area contributed by atoms with Crippen LogP contribution in [-0.2, 0) is 16.2 Å². The van der Waals surface area contributed by atoms with Crippen molar-refractivity contribution in [2.45, 2.75) is 13.5 Å². The zero-order valence-corrected chi connectivity index (χ0v) is 19.0. The van der Waals surface area contributed by atoms with Gasteiger partial charge in [0.2, 0.25) is 0 Å². The van der Waals surface area contributed by atoms with E-state index in [4.69, 9.17) is 27.9 Å². The second kappa shape index (κ2) is 9.48. The number of carbonyl (C=O) groups excluding carboxylic acids is 3. The summed E-state index contributed by atoms with van der Waals surface area (Å²) in [5, 5.41) is 2.96. The Morgan fingerprint density at radius 3 is 2.30 bits per heavy atom. The van der Waals surface area contributed by atoms with Crippen molar-refractivity contribution in [1.82, 2.24) is 5.32 Å². The molecule has 0 saturated carbocycles. The Bertz CT molecular complexity index is 1270. The van der Waals surface area contributed by atoms with Crippen LogP contribution in [0, 0.1) is 6.92 Å². The van der Waals surface area contributed by atoms with Crippen LogP contribution in [0.25, 0.3) is 6.08 Å². The highest BCUT2D eigenvalue weighted by Gasteiger charge is 2.36. The lowest BCUT2D eigenvalue weighted by Gasteiger charge is -2.26. The van der Waals surface area contributed by atoms with Crippen LogP contribution in [0.2, 0.25) is 10.0 Å². The van der Waals surface area contributed by atoms with Gasteiger partial charge in [-0.3, -0.25) is 14.9 Å². The number of nitrogens with zero attached hydrogens (tertiary/aromatic N) is 1. The molecule has 8 heteroatoms. The molecule has 1 saturated heterocycles. The maximum atomic E-state index is 13.0. The molecule has 4 rings (SSSR count). The summed E-state index contributed by atoms with van der Waals surface area (Å²) in [5.41, 5.74) is 2.75. The van der Waals surface area contributed by atoms with Gasteiger partial charge in [-0.1, -0.05) is 59.1 Å². The highest BCUT2D eigenvalue weighted by Crippen LogP contribution is 2.29. The smallest absolute Gasteiger partial charge is 0.335 e. The normalized spacial score (nSPS) is 15.1. The Morgan fingerprint density at radius 1 is 0.939 bits per heavy atom. The SMILES string of the molecule is Cc1ccc(COc2ccc(/C=C3\C(=O)NC(=O)N(c4ccc(Cl)cc4)C3=O)cc2Cl)cc1. The Labute approximate surface area is 200 Å². The van der Waals surface area contributed by atoms with Gasteiger partial charge >= 0.3 is 6.03 Å². The fourth-order valence-corrected chi connectivity index (χ4v) is 3.59. The summed E-state index contributed by atoms with van der Waals surface area (Å²) in [5.74, 6) is -1.07. The summed E-state index contributed by atoms with van der Waals surface area (Å²) in [6, 6.07) is 18.2. The molecule has 0 radical (unpaired) electrons. The van der Waals surface area contributed by atoms with Crippen LogP contribution in [0.1, 0.15) is 16.7 Å². The fraction of sp³-hybridized carbons (Fsp3) is 0.0800. The van der Waals surface area contributed by atoms with Crippen molar-refractivity contribution in [3.05, 3.63) is 99.0 Å². The summed E-state index contributed by atoms with van der Waals surface area (Å²) < 4.78 is 5.79. The van der Waals surface area contributed by atoms with E-state index in [9.17, 15) is 14.4 Å². The number of amides is 4. The second-order valence-electron chi connectivity index (χ2n) is 7.40. The fourth-order valence-electron chi connectivity index (χ4n) is 3.22. The average Bonchev–Trinajstić information content (AvgIpc) is 2.78. The first-order valence-electron chi connectivity index (χ1n) is 9.97. The minimum Gasteiger partial charge on any atom is -0.487 e. The Balaban J connectivity index is 1.55. The predicted molar refractivity (Wildman–Crippen MR) is 127 cm³/mol. The monoisotopic (exact) mass is 480 g/mol. The number of anilines is 1. The van der Waals surface area contributed by atoms with E-state index >= 15 is 0 Å². The van der Waals surface area contributed by atoms with Gasteiger partial charge < -0.3 is 4.74 Å². The van der Waals surface area contributed by atoms with E-state index in [1.165, 1.54) is 18.2 Å². The Hall–Kier alpha value is -3.61. The van der Waals surface area contributed by atoms with Gasteiger partial charge in [0.25, 0.3) is 11.8 Å². The van der Waals surface area contributed by atoms with Crippen molar-refractivity contribution in [3.63, 3.8) is 0 Å². The van der Waals surface area contributed by atoms with Crippen LogP contribution in [-0.4, -0.2) is 17.8 Å². The molecular formula is C25H18Cl2N2O4. The third-order valence-corrected chi connectivity index (χ3v) is 5.52. The van der Waals surface area contributed by atoms with Crippen LogP contribution in [0.5, 0.6) is 5.75 Å². The van der Waals surface area contributed by atoms with Crippen LogP contribution in [0.4, 0.5) is 10.5 Å². The summed E-state index contributed by atoms with van der Waals surface area (Å²) in [7, 11) is 0. The molecule has 3 aromatic rings. The molecule has 0 bridgehead atoms. The molecule has 6 nitrogen and oxygen atoms in total. The van der Waals surface area contributed by atoms with E-state index in [2.05, 4.69) is 5.32 Å². The van der Waals surface area contributed by atoms with Crippen molar-refractivity contribution in [2.24, 2.45) is 0 Å². The zero-order chi connectivity index (χ0) is 23.5. The molecular weight excluding hydrogens is 463 g/mol. The number of nitrogens with one attached hydrogen (secondary N) is 1. The van der Waals surface area contributed by atoms with E-state index in [1.807, 2.05) is 31.2 Å². The van der Waals surface area contributed by atoms with Crippen molar-refractivity contribution < 1.29 is 19.1 Å². The van der Waals surface area contributed by atoms with Gasteiger partial charge in [-0.25, -0.2) is 9.69 Å². The van der Waals surface area contributed by atoms with Gasteiger partial charge in [0.1, 0.15) is 17.9 Å². The van der Waals surface area contributed by atoms with E-state index in [1.54, 1.807) is 30.3 Å². The van der Waals surface area contributed by atoms with Gasteiger partial charge in [0.15, 0.2) is 0 Å². The van der Waals surface area contributed by atoms with Crippen LogP contribution in [0.15, 0.2) is 72.3 Å². The number of barbiturate groups is 1. The number of halogens is 2. The molecule has 4 amide bonds. The van der Waals surface area contributed by atoms with Gasteiger partial charge in [-0.2, -0.15) is 0 Å². The molecule has 0 unspecified atom stereocenters. The molecule has 1 aliphatic rings. The molecule has 1 heterocycles. The molecule has 0 aliphatic carbocycles. The van der Waals surface area contributed by atoms with E-state index in [0.29, 0.717) is 28.0 Å². The van der Waals surface area contributed by atoms with Crippen LogP contribution < -0.4 is 15.0 Å². The predicted octanol–water partition coefficient (Wildman–Crippen LogP) is 5.55. The molecule has 166 valence electrons. The minimum atomic E-state index is -0.831. The van der Waals surface area contributed by atoms with Crippen molar-refractivity contribution in [1.29, 1.82) is 0 Å². The molecule has 0 aromatic heterocycles. The van der Waals surface area contributed by atoms with E-state index < -0.39 is 17.8 Å². The first-order chi connectivity index (χ1) is 15.8. The number of ether oxygens (including phenoxy) is 1. The lowest BCUT2D eigenvalue weighted by molar-refractivity contribution is -0.122. The summed E-state index contributed by atoms with van der Waals surface area (Å²) in [4.78, 5) is 38.5. The lowest BCUT2D eigenvalue weighted by atomic mass is 10.1. The third-order valence-electron chi connectivity index (χ3n) is 4.97. The zero-order valence-electron chi connectivity index (χ0n) is 17.5. The highest BCUT2D eigenvalue weighted by atomic mass is 35.5. The lowest BCUT2D eigenvalue weighted by Crippen LogP contribution is -2.54. The van der Waals surface area contributed by atoms with Crippen LogP contribution >= 0.6 is 23.2 Å². The standard InChI is InChI=1S/C25H18Cl2N2O4/c1-15-2-4-16(5-3-15)14-33-22-11-6-17(13-21(22)27)12-20-23(30)28-25(32)29(24(20)31)19-9-7-18(26)8-10-19/h2-13H,14H2,1H3,(H,28,30,32)/b20-12+. The number of benzene rings is 3. The number of carbonyl (C=O) groups is 3. The summed E-state index contributed by atoms with van der Waals surface area (Å²) in [6.07, 6.45) is 1.38.